The van der Waals surface area contributed by atoms with Gasteiger partial charge in [0.25, 0.3) is 11.8 Å². The summed E-state index contributed by atoms with van der Waals surface area (Å²) in [5.74, 6) is 0.166. The zero-order valence-corrected chi connectivity index (χ0v) is 16.2. The number of ether oxygens (including phenoxy) is 2. The molecule has 1 fully saturated rings. The van der Waals surface area contributed by atoms with Crippen molar-refractivity contribution in [2.75, 3.05) is 19.1 Å². The van der Waals surface area contributed by atoms with Gasteiger partial charge in [0.15, 0.2) is 5.11 Å². The predicted molar refractivity (Wildman–Crippen MR) is 111 cm³/mol. The van der Waals surface area contributed by atoms with E-state index in [1.165, 1.54) is 18.1 Å². The highest BCUT2D eigenvalue weighted by Gasteiger charge is 2.35. The van der Waals surface area contributed by atoms with Gasteiger partial charge in [-0.05, 0) is 48.1 Å². The Labute approximate surface area is 168 Å². The van der Waals surface area contributed by atoms with Crippen molar-refractivity contribution in [2.24, 2.45) is 0 Å². The minimum absolute atomic E-state index is 0.00999. The third kappa shape index (κ3) is 3.94. The van der Waals surface area contributed by atoms with E-state index in [4.69, 9.17) is 21.7 Å². The Balaban J connectivity index is 1.88. The number of amides is 2. The third-order valence-electron chi connectivity index (χ3n) is 4.10. The minimum atomic E-state index is -0.541. The number of rotatable bonds is 5. The SMILES string of the molecule is COc1ccc(/C=C/C=C2\C(=O)NC(=S)N(c3ccccc3OC)C2=O)cc1. The molecule has 0 saturated carbocycles. The van der Waals surface area contributed by atoms with Gasteiger partial charge in [-0.15, -0.1) is 0 Å². The Morgan fingerprint density at radius 1 is 1.00 bits per heavy atom. The molecule has 142 valence electrons. The lowest BCUT2D eigenvalue weighted by Crippen LogP contribution is -2.54. The Bertz CT molecular complexity index is 980. The molecule has 1 N–H and O–H groups in total. The van der Waals surface area contributed by atoms with E-state index >= 15 is 0 Å². The van der Waals surface area contributed by atoms with Gasteiger partial charge in [-0.25, -0.2) is 4.90 Å². The standard InChI is InChI=1S/C21H18N2O4S/c1-26-15-12-10-14(11-13-15)6-5-7-16-19(24)22-21(28)23(20(16)25)17-8-3-4-9-18(17)27-2/h3-13H,1-2H3,(H,22,24,28)/b6-5+,16-7+. The molecule has 0 bridgehead atoms. The van der Waals surface area contributed by atoms with Crippen LogP contribution in [0.2, 0.25) is 0 Å². The summed E-state index contributed by atoms with van der Waals surface area (Å²) in [4.78, 5) is 26.5. The molecular formula is C21H18N2O4S. The zero-order chi connectivity index (χ0) is 20.1. The molecule has 1 saturated heterocycles. The largest absolute Gasteiger partial charge is 0.497 e. The highest BCUT2D eigenvalue weighted by Crippen LogP contribution is 2.30. The van der Waals surface area contributed by atoms with Gasteiger partial charge in [-0.1, -0.05) is 36.4 Å². The number of allylic oxidation sites excluding steroid dienone is 2. The van der Waals surface area contributed by atoms with Crippen LogP contribution < -0.4 is 19.7 Å². The van der Waals surface area contributed by atoms with Crippen LogP contribution in [-0.4, -0.2) is 31.1 Å². The number of methoxy groups -OCH3 is 2. The molecule has 6 nitrogen and oxygen atoms in total. The van der Waals surface area contributed by atoms with Crippen molar-refractivity contribution in [3.8, 4) is 11.5 Å². The summed E-state index contributed by atoms with van der Waals surface area (Å²) in [5.41, 5.74) is 1.34. The van der Waals surface area contributed by atoms with E-state index in [-0.39, 0.29) is 10.7 Å². The number of nitrogens with zero attached hydrogens (tertiary/aromatic N) is 1. The summed E-state index contributed by atoms with van der Waals surface area (Å²) >= 11 is 5.20. The van der Waals surface area contributed by atoms with E-state index in [2.05, 4.69) is 5.32 Å². The van der Waals surface area contributed by atoms with Gasteiger partial charge >= 0.3 is 0 Å². The lowest BCUT2D eigenvalue weighted by atomic mass is 10.1. The van der Waals surface area contributed by atoms with Crippen molar-refractivity contribution in [1.29, 1.82) is 0 Å². The number of anilines is 1. The van der Waals surface area contributed by atoms with Gasteiger partial charge in [0.05, 0.1) is 19.9 Å². The molecule has 0 atom stereocenters. The summed E-state index contributed by atoms with van der Waals surface area (Å²) in [7, 11) is 3.10. The summed E-state index contributed by atoms with van der Waals surface area (Å²) < 4.78 is 10.4. The molecule has 0 aromatic heterocycles. The van der Waals surface area contributed by atoms with E-state index in [1.54, 1.807) is 43.5 Å². The van der Waals surface area contributed by atoms with Crippen molar-refractivity contribution in [3.63, 3.8) is 0 Å². The van der Waals surface area contributed by atoms with Gasteiger partial charge in [-0.2, -0.15) is 0 Å². The summed E-state index contributed by atoms with van der Waals surface area (Å²) in [6, 6.07) is 14.4. The van der Waals surface area contributed by atoms with Crippen LogP contribution in [0.5, 0.6) is 11.5 Å². The van der Waals surface area contributed by atoms with Crippen molar-refractivity contribution in [2.45, 2.75) is 0 Å². The number of hydrogen-bond donors (Lipinski definition) is 1. The average Bonchev–Trinajstić information content (AvgIpc) is 2.71. The molecule has 0 aliphatic carbocycles. The number of thiocarbonyl (C=S) groups is 1. The fourth-order valence-electron chi connectivity index (χ4n) is 2.68. The number of hydrogen-bond acceptors (Lipinski definition) is 5. The predicted octanol–water partition coefficient (Wildman–Crippen LogP) is 3.09. The van der Waals surface area contributed by atoms with Crippen LogP contribution in [0.25, 0.3) is 6.08 Å². The smallest absolute Gasteiger partial charge is 0.270 e. The summed E-state index contributed by atoms with van der Waals surface area (Å²) in [6.07, 6.45) is 4.89. The van der Waals surface area contributed by atoms with Crippen LogP contribution in [0.3, 0.4) is 0 Å². The topological polar surface area (TPSA) is 67.9 Å². The Kier molecular flexibility index (Phi) is 5.86. The quantitative estimate of drug-likeness (QED) is 0.480. The van der Waals surface area contributed by atoms with Crippen molar-refractivity contribution in [1.82, 2.24) is 5.32 Å². The second kappa shape index (κ2) is 8.49. The first-order valence-corrected chi connectivity index (χ1v) is 8.81. The maximum absolute atomic E-state index is 12.9. The average molecular weight is 394 g/mol. The highest BCUT2D eigenvalue weighted by atomic mass is 32.1. The second-order valence-corrected chi connectivity index (χ2v) is 6.17. The molecule has 2 aromatic rings. The van der Waals surface area contributed by atoms with Gasteiger partial charge in [0, 0.05) is 0 Å². The number of nitrogens with one attached hydrogen (secondary N) is 1. The fourth-order valence-corrected chi connectivity index (χ4v) is 2.95. The van der Waals surface area contributed by atoms with Crippen LogP contribution in [0, 0.1) is 0 Å². The van der Waals surface area contributed by atoms with Gasteiger partial charge < -0.3 is 9.47 Å². The Morgan fingerprint density at radius 3 is 2.39 bits per heavy atom. The molecular weight excluding hydrogens is 376 g/mol. The van der Waals surface area contributed by atoms with Gasteiger partial charge in [-0.3, -0.25) is 14.9 Å². The zero-order valence-electron chi connectivity index (χ0n) is 15.3. The molecule has 2 aromatic carbocycles. The summed E-state index contributed by atoms with van der Waals surface area (Å²) in [5, 5.41) is 2.56. The second-order valence-electron chi connectivity index (χ2n) is 5.78. The normalized spacial score (nSPS) is 15.9. The van der Waals surface area contributed by atoms with E-state index in [9.17, 15) is 9.59 Å². The first-order chi connectivity index (χ1) is 13.5. The Morgan fingerprint density at radius 2 is 1.71 bits per heavy atom. The lowest BCUT2D eigenvalue weighted by molar-refractivity contribution is -0.122. The van der Waals surface area contributed by atoms with Crippen molar-refractivity contribution < 1.29 is 19.1 Å². The molecule has 0 unspecified atom stereocenters. The monoisotopic (exact) mass is 394 g/mol. The molecule has 7 heteroatoms. The van der Waals surface area contributed by atoms with E-state index < -0.39 is 11.8 Å². The Hall–Kier alpha value is -3.45. The molecule has 1 aliphatic heterocycles. The maximum atomic E-state index is 12.9. The van der Waals surface area contributed by atoms with Crippen molar-refractivity contribution >= 4 is 40.9 Å². The number of carbonyl (C=O) groups is 2. The van der Waals surface area contributed by atoms with Crippen LogP contribution in [0.1, 0.15) is 5.56 Å². The molecule has 0 spiro atoms. The molecule has 28 heavy (non-hydrogen) atoms. The highest BCUT2D eigenvalue weighted by molar-refractivity contribution is 7.80. The molecule has 0 radical (unpaired) electrons. The van der Waals surface area contributed by atoms with Crippen LogP contribution in [0.4, 0.5) is 5.69 Å². The van der Waals surface area contributed by atoms with Crippen molar-refractivity contribution in [3.05, 3.63) is 71.8 Å². The summed E-state index contributed by atoms with van der Waals surface area (Å²) in [6.45, 7) is 0. The maximum Gasteiger partial charge on any atom is 0.270 e. The van der Waals surface area contributed by atoms with E-state index in [0.717, 1.165) is 11.3 Å². The fraction of sp³-hybridized carbons (Fsp3) is 0.0952. The molecule has 2 amide bonds. The lowest BCUT2D eigenvalue weighted by Gasteiger charge is -2.29. The van der Waals surface area contributed by atoms with Crippen LogP contribution >= 0.6 is 12.2 Å². The van der Waals surface area contributed by atoms with E-state index in [1.807, 2.05) is 24.3 Å². The first-order valence-electron chi connectivity index (χ1n) is 8.40. The molecule has 3 rings (SSSR count). The van der Waals surface area contributed by atoms with Gasteiger partial charge in [0.2, 0.25) is 0 Å². The molecule has 1 aliphatic rings. The van der Waals surface area contributed by atoms with Crippen LogP contribution in [-0.2, 0) is 9.59 Å². The number of benzene rings is 2. The number of carbonyl (C=O) groups excluding carboxylic acids is 2. The molecule has 1 heterocycles. The van der Waals surface area contributed by atoms with Crippen LogP contribution in [0.15, 0.2) is 66.3 Å². The minimum Gasteiger partial charge on any atom is -0.497 e. The third-order valence-corrected chi connectivity index (χ3v) is 4.38. The number of para-hydroxylation sites is 2. The van der Waals surface area contributed by atoms with E-state index in [0.29, 0.717) is 11.4 Å². The first kappa shape index (κ1) is 19.3. The van der Waals surface area contributed by atoms with Gasteiger partial charge in [0.1, 0.15) is 17.1 Å².